The van der Waals surface area contributed by atoms with Crippen LogP contribution in [0.4, 0.5) is 5.69 Å². The largest absolute Gasteiger partial charge is 0.380 e. The van der Waals surface area contributed by atoms with Crippen molar-refractivity contribution in [2.75, 3.05) is 12.4 Å². The lowest BCUT2D eigenvalue weighted by Crippen LogP contribution is -2.21. The standard InChI is InChI=1S/C17H20N2O2/c1-21-11-12-4-2-5-13(10-12)18-15-6-3-7-16-14(15)8-9-17(20)19-16/h2,4-5,8-10,15,18H,3,6-7,11H2,1H3,(H,19,20). The van der Waals surface area contributed by atoms with E-state index in [2.05, 4.69) is 28.5 Å². The van der Waals surface area contributed by atoms with Crippen molar-refractivity contribution in [3.05, 3.63) is 63.6 Å². The van der Waals surface area contributed by atoms with E-state index in [1.165, 1.54) is 5.56 Å². The number of pyridine rings is 1. The molecule has 2 N–H and O–H groups in total. The topological polar surface area (TPSA) is 54.1 Å². The summed E-state index contributed by atoms with van der Waals surface area (Å²) in [5.74, 6) is 0. The first-order chi connectivity index (χ1) is 10.3. The van der Waals surface area contributed by atoms with E-state index in [-0.39, 0.29) is 11.6 Å². The van der Waals surface area contributed by atoms with Crippen LogP contribution >= 0.6 is 0 Å². The minimum absolute atomic E-state index is 0.0171. The van der Waals surface area contributed by atoms with Gasteiger partial charge in [-0.3, -0.25) is 4.79 Å². The van der Waals surface area contributed by atoms with Gasteiger partial charge in [-0.2, -0.15) is 0 Å². The summed E-state index contributed by atoms with van der Waals surface area (Å²) in [5, 5.41) is 3.58. The molecule has 0 saturated carbocycles. The molecule has 1 aliphatic carbocycles. The quantitative estimate of drug-likeness (QED) is 0.907. The van der Waals surface area contributed by atoms with E-state index in [1.807, 2.05) is 12.1 Å². The maximum Gasteiger partial charge on any atom is 0.248 e. The predicted octanol–water partition coefficient (Wildman–Crippen LogP) is 3.01. The van der Waals surface area contributed by atoms with Crippen LogP contribution in [-0.2, 0) is 17.8 Å². The fourth-order valence-corrected chi connectivity index (χ4v) is 2.97. The van der Waals surface area contributed by atoms with E-state index in [4.69, 9.17) is 4.74 Å². The molecule has 110 valence electrons. The van der Waals surface area contributed by atoms with Gasteiger partial charge in [-0.05, 0) is 48.6 Å². The maximum absolute atomic E-state index is 11.4. The number of aromatic amines is 1. The van der Waals surface area contributed by atoms with Gasteiger partial charge < -0.3 is 15.0 Å². The number of hydrogen-bond donors (Lipinski definition) is 2. The molecule has 1 aliphatic rings. The second-order valence-electron chi connectivity index (χ2n) is 5.48. The average molecular weight is 284 g/mol. The van der Waals surface area contributed by atoms with Crippen LogP contribution in [0.3, 0.4) is 0 Å². The third-order valence-corrected chi connectivity index (χ3v) is 3.91. The first-order valence-electron chi connectivity index (χ1n) is 7.33. The second-order valence-corrected chi connectivity index (χ2v) is 5.48. The Labute approximate surface area is 124 Å². The van der Waals surface area contributed by atoms with E-state index in [0.717, 1.165) is 36.2 Å². The zero-order chi connectivity index (χ0) is 14.7. The van der Waals surface area contributed by atoms with Crippen molar-refractivity contribution in [3.8, 4) is 0 Å². The number of ether oxygens (including phenoxy) is 1. The van der Waals surface area contributed by atoms with Gasteiger partial charge in [0.05, 0.1) is 12.6 Å². The molecule has 0 bridgehead atoms. The molecule has 4 heteroatoms. The number of anilines is 1. The van der Waals surface area contributed by atoms with Gasteiger partial charge in [0.25, 0.3) is 0 Å². The summed E-state index contributed by atoms with van der Waals surface area (Å²) in [5.41, 5.74) is 4.50. The van der Waals surface area contributed by atoms with Crippen LogP contribution in [0.15, 0.2) is 41.2 Å². The molecular weight excluding hydrogens is 264 g/mol. The van der Waals surface area contributed by atoms with Crippen LogP contribution in [0.2, 0.25) is 0 Å². The molecule has 0 radical (unpaired) electrons. The summed E-state index contributed by atoms with van der Waals surface area (Å²) in [6, 6.07) is 12.1. The zero-order valence-corrected chi connectivity index (χ0v) is 12.2. The van der Waals surface area contributed by atoms with Crippen molar-refractivity contribution in [2.45, 2.75) is 31.9 Å². The van der Waals surface area contributed by atoms with Crippen LogP contribution in [0.1, 0.15) is 35.7 Å². The van der Waals surface area contributed by atoms with Crippen molar-refractivity contribution in [2.24, 2.45) is 0 Å². The molecule has 0 amide bonds. The second kappa shape index (κ2) is 6.14. The molecule has 1 unspecified atom stereocenters. The number of benzene rings is 1. The summed E-state index contributed by atoms with van der Waals surface area (Å²) >= 11 is 0. The van der Waals surface area contributed by atoms with E-state index >= 15 is 0 Å². The molecule has 0 spiro atoms. The van der Waals surface area contributed by atoms with E-state index in [1.54, 1.807) is 13.2 Å². The van der Waals surface area contributed by atoms with Crippen molar-refractivity contribution in [1.29, 1.82) is 0 Å². The van der Waals surface area contributed by atoms with Crippen LogP contribution in [0.25, 0.3) is 0 Å². The van der Waals surface area contributed by atoms with E-state index < -0.39 is 0 Å². The molecule has 3 rings (SSSR count). The molecule has 21 heavy (non-hydrogen) atoms. The number of nitrogens with one attached hydrogen (secondary N) is 2. The first-order valence-corrected chi connectivity index (χ1v) is 7.33. The lowest BCUT2D eigenvalue weighted by molar-refractivity contribution is 0.185. The number of aromatic nitrogens is 1. The summed E-state index contributed by atoms with van der Waals surface area (Å²) in [7, 11) is 1.70. The minimum Gasteiger partial charge on any atom is -0.380 e. The number of rotatable bonds is 4. The first kappa shape index (κ1) is 13.9. The van der Waals surface area contributed by atoms with Gasteiger partial charge in [0, 0.05) is 24.6 Å². The highest BCUT2D eigenvalue weighted by atomic mass is 16.5. The van der Waals surface area contributed by atoms with Crippen molar-refractivity contribution >= 4 is 5.69 Å². The number of fused-ring (bicyclic) bond motifs is 1. The highest BCUT2D eigenvalue weighted by molar-refractivity contribution is 5.48. The van der Waals surface area contributed by atoms with Gasteiger partial charge in [-0.1, -0.05) is 12.1 Å². The maximum atomic E-state index is 11.4. The van der Waals surface area contributed by atoms with Crippen LogP contribution in [-0.4, -0.2) is 12.1 Å². The Morgan fingerprint density at radius 3 is 3.10 bits per heavy atom. The molecule has 1 aromatic carbocycles. The van der Waals surface area contributed by atoms with Gasteiger partial charge >= 0.3 is 0 Å². The van der Waals surface area contributed by atoms with E-state index in [0.29, 0.717) is 6.61 Å². The average Bonchev–Trinajstić information content (AvgIpc) is 2.48. The number of methoxy groups -OCH3 is 1. The van der Waals surface area contributed by atoms with Gasteiger partial charge in [0.2, 0.25) is 5.56 Å². The Kier molecular flexibility index (Phi) is 4.06. The molecule has 4 nitrogen and oxygen atoms in total. The highest BCUT2D eigenvalue weighted by Crippen LogP contribution is 2.31. The lowest BCUT2D eigenvalue weighted by Gasteiger charge is -2.27. The SMILES string of the molecule is COCc1cccc(NC2CCCc3[nH]c(=O)ccc32)c1. The fourth-order valence-electron chi connectivity index (χ4n) is 2.97. The number of hydrogen-bond acceptors (Lipinski definition) is 3. The third kappa shape index (κ3) is 3.16. The predicted molar refractivity (Wildman–Crippen MR) is 83.5 cm³/mol. The molecule has 0 fully saturated rings. The Bertz CT molecular complexity index is 678. The molecule has 1 atom stereocenters. The van der Waals surface area contributed by atoms with Gasteiger partial charge in [-0.25, -0.2) is 0 Å². The highest BCUT2D eigenvalue weighted by Gasteiger charge is 2.20. The number of H-pyrrole nitrogens is 1. The molecular formula is C17H20N2O2. The summed E-state index contributed by atoms with van der Waals surface area (Å²) in [6.07, 6.45) is 3.11. The van der Waals surface area contributed by atoms with Gasteiger partial charge in [0.15, 0.2) is 0 Å². The molecule has 0 aliphatic heterocycles. The summed E-state index contributed by atoms with van der Waals surface area (Å²) in [4.78, 5) is 14.4. The third-order valence-electron chi connectivity index (χ3n) is 3.91. The fraction of sp³-hybridized carbons (Fsp3) is 0.353. The van der Waals surface area contributed by atoms with Gasteiger partial charge in [-0.15, -0.1) is 0 Å². The van der Waals surface area contributed by atoms with Crippen LogP contribution < -0.4 is 10.9 Å². The summed E-state index contributed by atoms with van der Waals surface area (Å²) in [6.45, 7) is 0.615. The normalized spacial score (nSPS) is 17.3. The lowest BCUT2D eigenvalue weighted by atomic mass is 9.91. The molecule has 0 saturated heterocycles. The molecule has 1 aromatic heterocycles. The van der Waals surface area contributed by atoms with Crippen molar-refractivity contribution < 1.29 is 4.74 Å². The molecule has 1 heterocycles. The minimum atomic E-state index is -0.0171. The van der Waals surface area contributed by atoms with Crippen molar-refractivity contribution in [3.63, 3.8) is 0 Å². The monoisotopic (exact) mass is 284 g/mol. The Hall–Kier alpha value is -2.07. The van der Waals surface area contributed by atoms with Crippen LogP contribution in [0.5, 0.6) is 0 Å². The van der Waals surface area contributed by atoms with Gasteiger partial charge in [0.1, 0.15) is 0 Å². The smallest absolute Gasteiger partial charge is 0.248 e. The molecule has 2 aromatic rings. The Morgan fingerprint density at radius 2 is 2.24 bits per heavy atom. The Balaban J connectivity index is 1.83. The Morgan fingerprint density at radius 1 is 1.33 bits per heavy atom. The zero-order valence-electron chi connectivity index (χ0n) is 12.2. The number of aryl methyl sites for hydroxylation is 1. The van der Waals surface area contributed by atoms with Crippen molar-refractivity contribution in [1.82, 2.24) is 4.98 Å². The van der Waals surface area contributed by atoms with Crippen LogP contribution in [0, 0.1) is 0 Å². The summed E-state index contributed by atoms with van der Waals surface area (Å²) < 4.78 is 5.17. The van der Waals surface area contributed by atoms with E-state index in [9.17, 15) is 4.79 Å².